The fourth-order valence-corrected chi connectivity index (χ4v) is 2.48. The van der Waals surface area contributed by atoms with Gasteiger partial charge in [0.25, 0.3) is 10.2 Å². The number of nitrogens with zero attached hydrogens (tertiary/aromatic N) is 1. The molecule has 0 spiro atoms. The molecule has 1 aromatic heterocycles. The van der Waals surface area contributed by atoms with Crippen molar-refractivity contribution in [3.8, 4) is 0 Å². The normalized spacial score (nSPS) is 13.4. The number of hydrogen-bond donors (Lipinski definition) is 4. The summed E-state index contributed by atoms with van der Waals surface area (Å²) in [7, 11) is -3.66. The molecule has 8 nitrogen and oxygen atoms in total. The molecular weight excluding hydrogens is 280 g/mol. The van der Waals surface area contributed by atoms with E-state index in [9.17, 15) is 13.2 Å². The zero-order valence-electron chi connectivity index (χ0n) is 9.37. The van der Waals surface area contributed by atoms with Gasteiger partial charge in [0.2, 0.25) is 0 Å². The highest BCUT2D eigenvalue weighted by Gasteiger charge is 2.14. The highest BCUT2D eigenvalue weighted by molar-refractivity contribution is 7.87. The molecule has 1 heterocycles. The second kappa shape index (κ2) is 6.75. The topological polar surface area (TPSA) is 134 Å². The van der Waals surface area contributed by atoms with Gasteiger partial charge in [-0.1, -0.05) is 0 Å². The van der Waals surface area contributed by atoms with Crippen molar-refractivity contribution in [2.45, 2.75) is 19.0 Å². The maximum atomic E-state index is 11.4. The van der Waals surface area contributed by atoms with Crippen LogP contribution in [-0.2, 0) is 21.5 Å². The van der Waals surface area contributed by atoms with Gasteiger partial charge in [0.05, 0.1) is 6.54 Å². The molecule has 10 heteroatoms. The van der Waals surface area contributed by atoms with Gasteiger partial charge in [-0.3, -0.25) is 4.79 Å². The quantitative estimate of drug-likeness (QED) is 0.479. The molecule has 102 valence electrons. The smallest absolute Gasteiger partial charge is 0.320 e. The van der Waals surface area contributed by atoms with Crippen LogP contribution < -0.4 is 15.2 Å². The van der Waals surface area contributed by atoms with Crippen molar-refractivity contribution >= 4 is 27.5 Å². The Labute approximate surface area is 108 Å². The van der Waals surface area contributed by atoms with Crippen LogP contribution in [0.15, 0.2) is 11.6 Å². The maximum Gasteiger partial charge on any atom is 0.320 e. The summed E-state index contributed by atoms with van der Waals surface area (Å²) >= 11 is 1.33. The number of nitrogens with two attached hydrogens (primary N) is 1. The molecule has 0 aliphatic carbocycles. The van der Waals surface area contributed by atoms with Crippen LogP contribution in [0.2, 0.25) is 0 Å². The zero-order chi connectivity index (χ0) is 13.6. The third kappa shape index (κ3) is 5.51. The monoisotopic (exact) mass is 294 g/mol. The number of carbonyl (C=O) groups is 1. The Morgan fingerprint density at radius 1 is 1.56 bits per heavy atom. The van der Waals surface area contributed by atoms with Gasteiger partial charge in [-0.05, 0) is 6.42 Å². The average molecular weight is 294 g/mol. The Balaban J connectivity index is 2.29. The minimum Gasteiger partial charge on any atom is -0.480 e. The molecule has 18 heavy (non-hydrogen) atoms. The van der Waals surface area contributed by atoms with E-state index in [0.717, 1.165) is 0 Å². The van der Waals surface area contributed by atoms with Crippen molar-refractivity contribution in [3.05, 3.63) is 16.6 Å². The van der Waals surface area contributed by atoms with E-state index in [1.165, 1.54) is 11.3 Å². The summed E-state index contributed by atoms with van der Waals surface area (Å²) in [5.74, 6) is -1.16. The van der Waals surface area contributed by atoms with Crippen molar-refractivity contribution in [3.63, 3.8) is 0 Å². The van der Waals surface area contributed by atoms with E-state index in [0.29, 0.717) is 5.01 Å². The first-order valence-electron chi connectivity index (χ1n) is 5.02. The maximum absolute atomic E-state index is 11.4. The van der Waals surface area contributed by atoms with Gasteiger partial charge in [-0.2, -0.15) is 13.1 Å². The molecule has 5 N–H and O–H groups in total. The molecule has 0 aliphatic rings. The number of aromatic nitrogens is 1. The molecule has 1 aromatic rings. The number of nitrogens with one attached hydrogen (secondary N) is 2. The zero-order valence-corrected chi connectivity index (χ0v) is 11.0. The predicted octanol–water partition coefficient (Wildman–Crippen LogP) is -1.13. The second-order valence-corrected chi connectivity index (χ2v) is 5.94. The van der Waals surface area contributed by atoms with E-state index >= 15 is 0 Å². The summed E-state index contributed by atoms with van der Waals surface area (Å²) < 4.78 is 27.4. The van der Waals surface area contributed by atoms with Crippen LogP contribution in [0.3, 0.4) is 0 Å². The molecule has 1 rings (SSSR count). The van der Waals surface area contributed by atoms with Crippen LogP contribution in [0.4, 0.5) is 0 Å². The Morgan fingerprint density at radius 2 is 2.28 bits per heavy atom. The van der Waals surface area contributed by atoms with Gasteiger partial charge in [-0.25, -0.2) is 9.71 Å². The largest absolute Gasteiger partial charge is 0.480 e. The summed E-state index contributed by atoms with van der Waals surface area (Å²) in [6.07, 6.45) is 1.60. The Morgan fingerprint density at radius 3 is 2.83 bits per heavy atom. The van der Waals surface area contributed by atoms with Gasteiger partial charge in [0.1, 0.15) is 11.0 Å². The number of carboxylic acids is 1. The molecule has 0 aliphatic heterocycles. The minimum absolute atomic E-state index is 0.0213. The minimum atomic E-state index is -3.66. The number of hydrogen-bond acceptors (Lipinski definition) is 6. The van der Waals surface area contributed by atoms with E-state index in [4.69, 9.17) is 10.8 Å². The van der Waals surface area contributed by atoms with Crippen LogP contribution >= 0.6 is 11.3 Å². The van der Waals surface area contributed by atoms with Gasteiger partial charge in [0.15, 0.2) is 0 Å². The number of carboxylic acid groups (broad SMARTS) is 1. The van der Waals surface area contributed by atoms with E-state index < -0.39 is 22.2 Å². The van der Waals surface area contributed by atoms with Crippen molar-refractivity contribution < 1.29 is 18.3 Å². The first-order valence-corrected chi connectivity index (χ1v) is 7.38. The predicted molar refractivity (Wildman–Crippen MR) is 66.1 cm³/mol. The first-order chi connectivity index (χ1) is 8.41. The highest BCUT2D eigenvalue weighted by atomic mass is 32.2. The van der Waals surface area contributed by atoms with Crippen LogP contribution in [0, 0.1) is 0 Å². The molecule has 0 unspecified atom stereocenters. The lowest BCUT2D eigenvalue weighted by Crippen LogP contribution is -2.40. The molecular formula is C8H14N4O4S2. The van der Waals surface area contributed by atoms with E-state index in [-0.39, 0.29) is 19.5 Å². The molecule has 0 amide bonds. The SMILES string of the molecule is N[C@@H](CCNS(=O)(=O)NCc1nccs1)C(=O)O. The molecule has 1 atom stereocenters. The number of aliphatic carboxylic acids is 1. The van der Waals surface area contributed by atoms with Gasteiger partial charge >= 0.3 is 5.97 Å². The van der Waals surface area contributed by atoms with Gasteiger partial charge in [-0.15, -0.1) is 11.3 Å². The van der Waals surface area contributed by atoms with Crippen molar-refractivity contribution in [1.29, 1.82) is 0 Å². The summed E-state index contributed by atoms with van der Waals surface area (Å²) in [5, 5.41) is 10.9. The molecule has 0 radical (unpaired) electrons. The molecule has 0 aromatic carbocycles. The number of thiazole rings is 1. The Bertz CT molecular complexity index is 473. The van der Waals surface area contributed by atoms with Crippen molar-refractivity contribution in [2.24, 2.45) is 5.73 Å². The lowest BCUT2D eigenvalue weighted by atomic mass is 10.2. The average Bonchev–Trinajstić information content (AvgIpc) is 2.79. The first kappa shape index (κ1) is 15.0. The summed E-state index contributed by atoms with van der Waals surface area (Å²) in [6.45, 7) is 0.0542. The molecule has 0 saturated carbocycles. The summed E-state index contributed by atoms with van der Waals surface area (Å²) in [5.41, 5.74) is 5.23. The fourth-order valence-electron chi connectivity index (χ4n) is 1.02. The van der Waals surface area contributed by atoms with Crippen LogP contribution in [0.5, 0.6) is 0 Å². The van der Waals surface area contributed by atoms with E-state index in [1.807, 2.05) is 0 Å². The van der Waals surface area contributed by atoms with Crippen LogP contribution in [0.1, 0.15) is 11.4 Å². The Kier molecular flexibility index (Phi) is 5.62. The molecule has 0 saturated heterocycles. The van der Waals surface area contributed by atoms with Crippen LogP contribution in [0.25, 0.3) is 0 Å². The molecule has 0 fully saturated rings. The summed E-state index contributed by atoms with van der Waals surface area (Å²) in [6, 6.07) is -1.08. The van der Waals surface area contributed by atoms with E-state index in [1.54, 1.807) is 11.6 Å². The molecule has 0 bridgehead atoms. The number of rotatable bonds is 8. The lowest BCUT2D eigenvalue weighted by Gasteiger charge is -2.09. The standard InChI is InChI=1S/C8H14N4O4S2/c9-6(8(13)14)1-2-11-18(15,16)12-5-7-10-3-4-17-7/h3-4,6,11-12H,1-2,5,9H2,(H,13,14)/t6-/m0/s1. The van der Waals surface area contributed by atoms with Crippen LogP contribution in [-0.4, -0.2) is 37.1 Å². The summed E-state index contributed by atoms with van der Waals surface area (Å²) in [4.78, 5) is 14.3. The third-order valence-corrected chi connectivity index (χ3v) is 3.85. The second-order valence-electron chi connectivity index (χ2n) is 3.38. The van der Waals surface area contributed by atoms with Crippen molar-refractivity contribution in [1.82, 2.24) is 14.4 Å². The van der Waals surface area contributed by atoms with Crippen molar-refractivity contribution in [2.75, 3.05) is 6.54 Å². The Hall–Kier alpha value is -1.07. The fraction of sp³-hybridized carbons (Fsp3) is 0.500. The lowest BCUT2D eigenvalue weighted by molar-refractivity contribution is -0.138. The van der Waals surface area contributed by atoms with E-state index in [2.05, 4.69) is 14.4 Å². The van der Waals surface area contributed by atoms with Gasteiger partial charge in [0, 0.05) is 18.1 Å². The third-order valence-electron chi connectivity index (χ3n) is 1.96. The van der Waals surface area contributed by atoms with Gasteiger partial charge < -0.3 is 10.8 Å². The highest BCUT2D eigenvalue weighted by Crippen LogP contribution is 2.02.